The molecule has 5 heteroatoms. The van der Waals surface area contributed by atoms with E-state index in [1.54, 1.807) is 0 Å². The summed E-state index contributed by atoms with van der Waals surface area (Å²) in [7, 11) is 0. The lowest BCUT2D eigenvalue weighted by molar-refractivity contribution is -0.147. The topological polar surface area (TPSA) is 61.8 Å². The summed E-state index contributed by atoms with van der Waals surface area (Å²) in [4.78, 5) is 22.9. The molecule has 0 aromatic heterocycles. The standard InChI is InChI=1S/C15H24O5/c16-14-2-1-3-15(17)20-11-13-6-4-12(5-7-13)10-18-8-9-19-14/h12-13H,1-11H2. The van der Waals surface area contributed by atoms with Crippen LogP contribution in [0.25, 0.3) is 0 Å². The van der Waals surface area contributed by atoms with E-state index in [1.807, 2.05) is 0 Å². The van der Waals surface area contributed by atoms with Crippen LogP contribution in [0.3, 0.4) is 0 Å². The first-order valence-corrected chi connectivity index (χ1v) is 7.63. The number of fused-ring (bicyclic) bond motifs is 13. The van der Waals surface area contributed by atoms with Crippen LogP contribution in [0.4, 0.5) is 0 Å². The SMILES string of the molecule is O=C1CCCC(=O)OCC2CCC(CC2)COCCO1. The van der Waals surface area contributed by atoms with Gasteiger partial charge in [-0.3, -0.25) is 9.59 Å². The van der Waals surface area contributed by atoms with E-state index >= 15 is 0 Å². The third kappa shape index (κ3) is 5.49. The van der Waals surface area contributed by atoms with Crippen molar-refractivity contribution < 1.29 is 23.8 Å². The molecule has 2 aliphatic heterocycles. The van der Waals surface area contributed by atoms with Crippen LogP contribution in [-0.2, 0) is 23.8 Å². The van der Waals surface area contributed by atoms with Crippen LogP contribution in [0, 0.1) is 11.8 Å². The first-order valence-electron chi connectivity index (χ1n) is 7.63. The van der Waals surface area contributed by atoms with Crippen LogP contribution in [-0.4, -0.2) is 38.4 Å². The fourth-order valence-electron chi connectivity index (χ4n) is 2.76. The molecule has 3 fully saturated rings. The molecule has 1 aliphatic carbocycles. The van der Waals surface area contributed by atoms with Gasteiger partial charge in [-0.1, -0.05) is 0 Å². The highest BCUT2D eigenvalue weighted by atomic mass is 16.6. The van der Waals surface area contributed by atoms with Crippen molar-refractivity contribution in [3.05, 3.63) is 0 Å². The molecule has 3 aliphatic rings. The molecule has 2 bridgehead atoms. The van der Waals surface area contributed by atoms with Gasteiger partial charge in [0.2, 0.25) is 0 Å². The molecule has 0 unspecified atom stereocenters. The molecule has 0 aromatic carbocycles. The molecule has 0 radical (unpaired) electrons. The van der Waals surface area contributed by atoms with Crippen LogP contribution in [0.5, 0.6) is 0 Å². The van der Waals surface area contributed by atoms with Gasteiger partial charge < -0.3 is 14.2 Å². The van der Waals surface area contributed by atoms with Gasteiger partial charge in [-0.2, -0.15) is 0 Å². The molecule has 0 spiro atoms. The van der Waals surface area contributed by atoms with Crippen LogP contribution in [0.2, 0.25) is 0 Å². The van der Waals surface area contributed by atoms with Crippen LogP contribution >= 0.6 is 0 Å². The average molecular weight is 284 g/mol. The zero-order chi connectivity index (χ0) is 14.2. The normalized spacial score (nSPS) is 30.6. The van der Waals surface area contributed by atoms with Crippen molar-refractivity contribution in [2.45, 2.75) is 44.9 Å². The van der Waals surface area contributed by atoms with Crippen LogP contribution < -0.4 is 0 Å². The van der Waals surface area contributed by atoms with E-state index in [1.165, 1.54) is 0 Å². The average Bonchev–Trinajstić information content (AvgIpc) is 2.45. The number of carbonyl (C=O) groups is 2. The maximum Gasteiger partial charge on any atom is 0.305 e. The summed E-state index contributed by atoms with van der Waals surface area (Å²) in [5.41, 5.74) is 0. The molecule has 2 saturated heterocycles. The van der Waals surface area contributed by atoms with E-state index in [2.05, 4.69) is 0 Å². The molecule has 0 amide bonds. The Balaban J connectivity index is 1.80. The fourth-order valence-corrected chi connectivity index (χ4v) is 2.76. The minimum Gasteiger partial charge on any atom is -0.465 e. The quantitative estimate of drug-likeness (QED) is 0.637. The van der Waals surface area contributed by atoms with Gasteiger partial charge in [0.25, 0.3) is 0 Å². The summed E-state index contributed by atoms with van der Waals surface area (Å²) >= 11 is 0. The number of hydrogen-bond acceptors (Lipinski definition) is 5. The number of ether oxygens (including phenoxy) is 3. The lowest BCUT2D eigenvalue weighted by Gasteiger charge is -2.28. The van der Waals surface area contributed by atoms with Gasteiger partial charge in [-0.25, -0.2) is 0 Å². The smallest absolute Gasteiger partial charge is 0.305 e. The summed E-state index contributed by atoms with van der Waals surface area (Å²) in [6.07, 6.45) is 5.52. The van der Waals surface area contributed by atoms with Gasteiger partial charge in [0.15, 0.2) is 0 Å². The zero-order valence-electron chi connectivity index (χ0n) is 12.0. The van der Waals surface area contributed by atoms with Crippen LogP contribution in [0.15, 0.2) is 0 Å². The predicted octanol–water partition coefficient (Wildman–Crippen LogP) is 2.08. The number of hydrogen-bond donors (Lipinski definition) is 0. The molecule has 5 nitrogen and oxygen atoms in total. The maximum absolute atomic E-state index is 11.6. The molecule has 1 saturated carbocycles. The second kappa shape index (κ2) is 8.25. The van der Waals surface area contributed by atoms with Crippen molar-refractivity contribution in [1.82, 2.24) is 0 Å². The Labute approximate surface area is 120 Å². The molecular weight excluding hydrogens is 260 g/mol. The van der Waals surface area contributed by atoms with Gasteiger partial charge in [0, 0.05) is 19.4 Å². The van der Waals surface area contributed by atoms with Gasteiger partial charge in [-0.05, 0) is 43.9 Å². The zero-order valence-corrected chi connectivity index (χ0v) is 12.0. The first kappa shape index (κ1) is 15.3. The van der Waals surface area contributed by atoms with Crippen molar-refractivity contribution in [2.24, 2.45) is 11.8 Å². The molecule has 0 aromatic rings. The predicted molar refractivity (Wildman–Crippen MR) is 72.0 cm³/mol. The van der Waals surface area contributed by atoms with E-state index in [0.717, 1.165) is 32.3 Å². The fraction of sp³-hybridized carbons (Fsp3) is 0.867. The van der Waals surface area contributed by atoms with Crippen molar-refractivity contribution in [3.63, 3.8) is 0 Å². The Bertz CT molecular complexity index is 317. The van der Waals surface area contributed by atoms with Crippen LogP contribution in [0.1, 0.15) is 44.9 Å². The van der Waals surface area contributed by atoms with Gasteiger partial charge in [0.1, 0.15) is 6.61 Å². The number of rotatable bonds is 0. The highest BCUT2D eigenvalue weighted by Gasteiger charge is 2.22. The van der Waals surface area contributed by atoms with Crippen molar-refractivity contribution in [1.29, 1.82) is 0 Å². The molecule has 114 valence electrons. The first-order chi connectivity index (χ1) is 9.74. The maximum atomic E-state index is 11.6. The Kier molecular flexibility index (Phi) is 6.30. The van der Waals surface area contributed by atoms with E-state index < -0.39 is 0 Å². The number of carbonyl (C=O) groups excluding carboxylic acids is 2. The lowest BCUT2D eigenvalue weighted by atomic mass is 9.83. The third-order valence-corrected chi connectivity index (χ3v) is 4.05. The van der Waals surface area contributed by atoms with E-state index in [4.69, 9.17) is 14.2 Å². The summed E-state index contributed by atoms with van der Waals surface area (Å²) in [5.74, 6) is 0.615. The second-order valence-electron chi connectivity index (χ2n) is 5.72. The molecule has 20 heavy (non-hydrogen) atoms. The monoisotopic (exact) mass is 284 g/mol. The molecular formula is C15H24O5. The third-order valence-electron chi connectivity index (χ3n) is 4.05. The Morgan fingerprint density at radius 2 is 1.35 bits per heavy atom. The molecule has 3 rings (SSSR count). The van der Waals surface area contributed by atoms with Crippen molar-refractivity contribution >= 4 is 11.9 Å². The highest BCUT2D eigenvalue weighted by Crippen LogP contribution is 2.29. The summed E-state index contributed by atoms with van der Waals surface area (Å²) in [6, 6.07) is 0. The minimum atomic E-state index is -0.269. The van der Waals surface area contributed by atoms with E-state index in [9.17, 15) is 9.59 Å². The van der Waals surface area contributed by atoms with Gasteiger partial charge >= 0.3 is 11.9 Å². The Morgan fingerprint density at radius 1 is 0.750 bits per heavy atom. The molecule has 2 heterocycles. The second-order valence-corrected chi connectivity index (χ2v) is 5.72. The Hall–Kier alpha value is -1.10. The highest BCUT2D eigenvalue weighted by molar-refractivity contribution is 5.72. The number of esters is 2. The van der Waals surface area contributed by atoms with Crippen molar-refractivity contribution in [3.8, 4) is 0 Å². The van der Waals surface area contributed by atoms with E-state index in [-0.39, 0.29) is 18.4 Å². The largest absolute Gasteiger partial charge is 0.465 e. The van der Waals surface area contributed by atoms with Crippen molar-refractivity contribution in [2.75, 3.05) is 26.4 Å². The van der Waals surface area contributed by atoms with E-state index in [0.29, 0.717) is 44.5 Å². The van der Waals surface area contributed by atoms with Gasteiger partial charge in [-0.15, -0.1) is 0 Å². The Morgan fingerprint density at radius 3 is 2.05 bits per heavy atom. The minimum absolute atomic E-state index is 0.199. The summed E-state index contributed by atoms with van der Waals surface area (Å²) in [6.45, 7) is 2.03. The molecule has 0 N–H and O–H groups in total. The summed E-state index contributed by atoms with van der Waals surface area (Å²) in [5, 5.41) is 0. The molecule has 0 atom stereocenters. The summed E-state index contributed by atoms with van der Waals surface area (Å²) < 4.78 is 15.9. The van der Waals surface area contributed by atoms with Gasteiger partial charge in [0.05, 0.1) is 13.2 Å². The lowest BCUT2D eigenvalue weighted by Crippen LogP contribution is -2.24.